The topological polar surface area (TPSA) is 26.0 Å². The van der Waals surface area contributed by atoms with Gasteiger partial charge in [0, 0.05) is 10.5 Å². The SMILES string of the molecule is NC1C=C(Br)C=CC1Cl. The highest BCUT2D eigenvalue weighted by Crippen LogP contribution is 2.17. The van der Waals surface area contributed by atoms with Gasteiger partial charge in [-0.25, -0.2) is 0 Å². The highest BCUT2D eigenvalue weighted by molar-refractivity contribution is 9.11. The van der Waals surface area contributed by atoms with Crippen LogP contribution in [0.1, 0.15) is 0 Å². The van der Waals surface area contributed by atoms with Crippen LogP contribution in [0.3, 0.4) is 0 Å². The summed E-state index contributed by atoms with van der Waals surface area (Å²) >= 11 is 9.05. The van der Waals surface area contributed by atoms with E-state index in [2.05, 4.69) is 15.9 Å². The van der Waals surface area contributed by atoms with Crippen molar-refractivity contribution >= 4 is 27.5 Å². The van der Waals surface area contributed by atoms with Crippen LogP contribution < -0.4 is 5.73 Å². The van der Waals surface area contributed by atoms with Gasteiger partial charge >= 0.3 is 0 Å². The normalized spacial score (nSPS) is 34.3. The molecule has 0 spiro atoms. The highest BCUT2D eigenvalue weighted by Gasteiger charge is 2.12. The first-order valence-electron chi connectivity index (χ1n) is 2.65. The zero-order valence-corrected chi connectivity index (χ0v) is 7.06. The number of halogens is 2. The van der Waals surface area contributed by atoms with E-state index in [1.165, 1.54) is 0 Å². The molecule has 0 saturated heterocycles. The third-order valence-electron chi connectivity index (χ3n) is 1.16. The molecule has 0 saturated carbocycles. The van der Waals surface area contributed by atoms with Gasteiger partial charge in [0.15, 0.2) is 0 Å². The van der Waals surface area contributed by atoms with Crippen LogP contribution in [0.4, 0.5) is 0 Å². The Morgan fingerprint density at radius 1 is 1.67 bits per heavy atom. The number of allylic oxidation sites excluding steroid dienone is 2. The summed E-state index contributed by atoms with van der Waals surface area (Å²) in [4.78, 5) is 0. The van der Waals surface area contributed by atoms with Crippen LogP contribution >= 0.6 is 27.5 Å². The Hall–Kier alpha value is 0.210. The van der Waals surface area contributed by atoms with Gasteiger partial charge in [0.25, 0.3) is 0 Å². The Labute approximate surface area is 67.7 Å². The summed E-state index contributed by atoms with van der Waals surface area (Å²) in [5.74, 6) is 0. The van der Waals surface area contributed by atoms with Crippen LogP contribution in [0.5, 0.6) is 0 Å². The van der Waals surface area contributed by atoms with E-state index < -0.39 is 0 Å². The third-order valence-corrected chi connectivity index (χ3v) is 2.12. The van der Waals surface area contributed by atoms with Crippen molar-refractivity contribution < 1.29 is 0 Å². The van der Waals surface area contributed by atoms with E-state index in [9.17, 15) is 0 Å². The summed E-state index contributed by atoms with van der Waals surface area (Å²) in [6, 6.07) is -0.0500. The first kappa shape index (κ1) is 7.32. The van der Waals surface area contributed by atoms with Gasteiger partial charge < -0.3 is 5.73 Å². The van der Waals surface area contributed by atoms with Gasteiger partial charge in [0.2, 0.25) is 0 Å². The number of nitrogens with two attached hydrogens (primary N) is 1. The van der Waals surface area contributed by atoms with Gasteiger partial charge in [0.05, 0.1) is 5.38 Å². The minimum absolute atomic E-state index is 0.0497. The fraction of sp³-hybridized carbons (Fsp3) is 0.333. The van der Waals surface area contributed by atoms with Crippen LogP contribution in [-0.4, -0.2) is 11.4 Å². The first-order valence-corrected chi connectivity index (χ1v) is 3.88. The van der Waals surface area contributed by atoms with Crippen molar-refractivity contribution in [2.45, 2.75) is 11.4 Å². The molecule has 0 aromatic heterocycles. The molecule has 0 fully saturated rings. The van der Waals surface area contributed by atoms with Gasteiger partial charge in [-0.3, -0.25) is 0 Å². The summed E-state index contributed by atoms with van der Waals surface area (Å²) in [6.07, 6.45) is 5.66. The quantitative estimate of drug-likeness (QED) is 0.603. The molecule has 0 aromatic rings. The van der Waals surface area contributed by atoms with E-state index in [-0.39, 0.29) is 11.4 Å². The van der Waals surface area contributed by atoms with Crippen molar-refractivity contribution in [1.82, 2.24) is 0 Å². The molecule has 0 bridgehead atoms. The molecule has 0 heterocycles. The average molecular weight is 208 g/mol. The maximum absolute atomic E-state index is 5.76. The molecule has 50 valence electrons. The third kappa shape index (κ3) is 1.81. The van der Waals surface area contributed by atoms with Crippen molar-refractivity contribution in [3.8, 4) is 0 Å². The van der Waals surface area contributed by atoms with Gasteiger partial charge in [-0.05, 0) is 0 Å². The molecular weight excluding hydrogens is 201 g/mol. The zero-order chi connectivity index (χ0) is 6.85. The van der Waals surface area contributed by atoms with E-state index in [1.54, 1.807) is 0 Å². The van der Waals surface area contributed by atoms with E-state index >= 15 is 0 Å². The smallest absolute Gasteiger partial charge is 0.0706 e. The average Bonchev–Trinajstić information content (AvgIpc) is 1.80. The van der Waals surface area contributed by atoms with Gasteiger partial charge in [-0.15, -0.1) is 11.6 Å². The summed E-state index contributed by atoms with van der Waals surface area (Å²) in [5, 5.41) is -0.0497. The lowest BCUT2D eigenvalue weighted by atomic mass is 10.1. The Kier molecular flexibility index (Phi) is 2.33. The molecule has 0 aromatic carbocycles. The summed E-state index contributed by atoms with van der Waals surface area (Å²) in [7, 11) is 0. The van der Waals surface area contributed by atoms with E-state index in [1.807, 2.05) is 18.2 Å². The molecule has 3 heteroatoms. The van der Waals surface area contributed by atoms with Crippen LogP contribution in [-0.2, 0) is 0 Å². The predicted octanol–water partition coefficient (Wildman–Crippen LogP) is 1.77. The summed E-state index contributed by atoms with van der Waals surface area (Å²) in [6.45, 7) is 0. The molecule has 0 aliphatic heterocycles. The molecule has 2 N–H and O–H groups in total. The minimum atomic E-state index is -0.0500. The largest absolute Gasteiger partial charge is 0.323 e. The minimum Gasteiger partial charge on any atom is -0.323 e. The Morgan fingerprint density at radius 2 is 2.33 bits per heavy atom. The van der Waals surface area contributed by atoms with Crippen molar-refractivity contribution in [3.63, 3.8) is 0 Å². The van der Waals surface area contributed by atoms with Gasteiger partial charge in [0.1, 0.15) is 0 Å². The van der Waals surface area contributed by atoms with Crippen molar-refractivity contribution in [1.29, 1.82) is 0 Å². The molecule has 1 aliphatic carbocycles. The molecule has 1 rings (SSSR count). The number of rotatable bonds is 0. The fourth-order valence-corrected chi connectivity index (χ4v) is 1.25. The summed E-state index contributed by atoms with van der Waals surface area (Å²) < 4.78 is 1.01. The molecule has 1 nitrogen and oxygen atoms in total. The molecular formula is C6H7BrClN. The van der Waals surface area contributed by atoms with Crippen molar-refractivity contribution in [2.24, 2.45) is 5.73 Å². The predicted molar refractivity (Wildman–Crippen MR) is 43.8 cm³/mol. The van der Waals surface area contributed by atoms with E-state index in [0.717, 1.165) is 4.48 Å². The second-order valence-corrected chi connectivity index (χ2v) is 3.35. The lowest BCUT2D eigenvalue weighted by Crippen LogP contribution is -2.28. The number of hydrogen-bond acceptors (Lipinski definition) is 1. The molecule has 1 aliphatic rings. The maximum atomic E-state index is 5.76. The standard InChI is InChI=1S/C6H7BrClN/c7-4-1-2-5(8)6(9)3-4/h1-3,5-6H,9H2. The number of hydrogen-bond donors (Lipinski definition) is 1. The van der Waals surface area contributed by atoms with Crippen LogP contribution in [0.25, 0.3) is 0 Å². The molecule has 2 unspecified atom stereocenters. The highest BCUT2D eigenvalue weighted by atomic mass is 79.9. The van der Waals surface area contributed by atoms with Crippen LogP contribution in [0.15, 0.2) is 22.7 Å². The second-order valence-electron chi connectivity index (χ2n) is 1.93. The monoisotopic (exact) mass is 207 g/mol. The first-order chi connectivity index (χ1) is 4.20. The van der Waals surface area contributed by atoms with Crippen molar-refractivity contribution in [3.05, 3.63) is 22.7 Å². The molecule has 2 atom stereocenters. The van der Waals surface area contributed by atoms with Crippen molar-refractivity contribution in [2.75, 3.05) is 0 Å². The van der Waals surface area contributed by atoms with Gasteiger partial charge in [-0.2, -0.15) is 0 Å². The van der Waals surface area contributed by atoms with Crippen LogP contribution in [0, 0.1) is 0 Å². The summed E-state index contributed by atoms with van der Waals surface area (Å²) in [5.41, 5.74) is 5.58. The van der Waals surface area contributed by atoms with E-state index in [0.29, 0.717) is 0 Å². The fourth-order valence-electron chi connectivity index (χ4n) is 0.643. The van der Waals surface area contributed by atoms with E-state index in [4.69, 9.17) is 17.3 Å². The molecule has 0 amide bonds. The Bertz CT molecular complexity index is 164. The second kappa shape index (κ2) is 2.86. The molecule has 0 radical (unpaired) electrons. The zero-order valence-electron chi connectivity index (χ0n) is 4.72. The van der Waals surface area contributed by atoms with Crippen LogP contribution in [0.2, 0.25) is 0 Å². The number of alkyl halides is 1. The Balaban J connectivity index is 2.70. The lowest BCUT2D eigenvalue weighted by Gasteiger charge is -2.13. The Morgan fingerprint density at radius 3 is 2.78 bits per heavy atom. The lowest BCUT2D eigenvalue weighted by molar-refractivity contribution is 0.831. The van der Waals surface area contributed by atoms with Gasteiger partial charge in [-0.1, -0.05) is 34.2 Å². The maximum Gasteiger partial charge on any atom is 0.0706 e. The molecule has 9 heavy (non-hydrogen) atoms.